The summed E-state index contributed by atoms with van der Waals surface area (Å²) in [4.78, 5) is 4.64. The standard InChI is InChI=1S/C11H19NO/c1-5-13-8-6-7(2)9-10(12-8)11(9,3)4/h7,9-10H,5-6H2,1-4H3/t7-,9+,10-/m0/s1. The summed E-state index contributed by atoms with van der Waals surface area (Å²) in [5, 5.41) is 0. The molecule has 1 aliphatic heterocycles. The van der Waals surface area contributed by atoms with Gasteiger partial charge in [-0.05, 0) is 24.2 Å². The molecular formula is C11H19NO. The van der Waals surface area contributed by atoms with Crippen LogP contribution in [0.25, 0.3) is 0 Å². The predicted octanol–water partition coefficient (Wildman–Crippen LogP) is 2.49. The van der Waals surface area contributed by atoms with Crippen LogP contribution in [0.4, 0.5) is 0 Å². The van der Waals surface area contributed by atoms with Gasteiger partial charge in [-0.15, -0.1) is 0 Å². The Bertz CT molecular complexity index is 244. The Morgan fingerprint density at radius 1 is 1.54 bits per heavy atom. The molecule has 13 heavy (non-hydrogen) atoms. The van der Waals surface area contributed by atoms with Crippen molar-refractivity contribution in [1.82, 2.24) is 0 Å². The topological polar surface area (TPSA) is 21.6 Å². The van der Waals surface area contributed by atoms with Gasteiger partial charge in [0.15, 0.2) is 5.90 Å². The first kappa shape index (κ1) is 9.04. The predicted molar refractivity (Wildman–Crippen MR) is 53.9 cm³/mol. The molecule has 2 rings (SSSR count). The molecule has 0 aromatic rings. The summed E-state index contributed by atoms with van der Waals surface area (Å²) in [7, 11) is 0. The fourth-order valence-corrected chi connectivity index (χ4v) is 2.81. The van der Waals surface area contributed by atoms with Gasteiger partial charge in [0.25, 0.3) is 0 Å². The molecular weight excluding hydrogens is 162 g/mol. The van der Waals surface area contributed by atoms with Crippen molar-refractivity contribution in [3.63, 3.8) is 0 Å². The average molecular weight is 181 g/mol. The molecule has 74 valence electrons. The first-order chi connectivity index (χ1) is 6.07. The maximum atomic E-state index is 5.49. The van der Waals surface area contributed by atoms with Gasteiger partial charge in [0, 0.05) is 6.42 Å². The molecule has 0 bridgehead atoms. The summed E-state index contributed by atoms with van der Waals surface area (Å²) >= 11 is 0. The lowest BCUT2D eigenvalue weighted by atomic mass is 9.95. The molecule has 0 N–H and O–H groups in total. The third kappa shape index (κ3) is 1.27. The maximum Gasteiger partial charge on any atom is 0.183 e. The van der Waals surface area contributed by atoms with E-state index in [2.05, 4.69) is 25.8 Å². The third-order valence-corrected chi connectivity index (χ3v) is 3.56. The van der Waals surface area contributed by atoms with E-state index in [4.69, 9.17) is 4.74 Å². The molecule has 0 unspecified atom stereocenters. The zero-order chi connectivity index (χ0) is 9.64. The van der Waals surface area contributed by atoms with Crippen LogP contribution >= 0.6 is 0 Å². The fourth-order valence-electron chi connectivity index (χ4n) is 2.81. The Hall–Kier alpha value is -0.530. The van der Waals surface area contributed by atoms with Crippen LogP contribution < -0.4 is 0 Å². The number of nitrogens with zero attached hydrogens (tertiary/aromatic N) is 1. The number of hydrogen-bond acceptors (Lipinski definition) is 2. The van der Waals surface area contributed by atoms with Gasteiger partial charge in [0.2, 0.25) is 0 Å². The lowest BCUT2D eigenvalue weighted by molar-refractivity contribution is 0.294. The van der Waals surface area contributed by atoms with Crippen LogP contribution in [0.5, 0.6) is 0 Å². The molecule has 0 radical (unpaired) electrons. The maximum absolute atomic E-state index is 5.49. The van der Waals surface area contributed by atoms with E-state index in [-0.39, 0.29) is 0 Å². The van der Waals surface area contributed by atoms with Crippen molar-refractivity contribution >= 4 is 5.90 Å². The van der Waals surface area contributed by atoms with Crippen molar-refractivity contribution in [2.24, 2.45) is 22.2 Å². The van der Waals surface area contributed by atoms with Crippen molar-refractivity contribution in [3.05, 3.63) is 0 Å². The Balaban J connectivity index is 2.11. The van der Waals surface area contributed by atoms with E-state index in [0.717, 1.165) is 30.8 Å². The molecule has 2 nitrogen and oxygen atoms in total. The molecule has 2 aliphatic rings. The van der Waals surface area contributed by atoms with Crippen molar-refractivity contribution in [2.75, 3.05) is 6.61 Å². The highest BCUT2D eigenvalue weighted by atomic mass is 16.5. The normalized spacial score (nSPS) is 40.6. The molecule has 0 aromatic heterocycles. The SMILES string of the molecule is CCOC1=N[C@H]2[C@@H]([C@@H](C)C1)C2(C)C. The van der Waals surface area contributed by atoms with E-state index >= 15 is 0 Å². The van der Waals surface area contributed by atoms with Crippen LogP contribution in [-0.4, -0.2) is 18.5 Å². The highest BCUT2D eigenvalue weighted by Gasteiger charge is 2.62. The highest BCUT2D eigenvalue weighted by Crippen LogP contribution is 2.60. The first-order valence-corrected chi connectivity index (χ1v) is 5.26. The number of hydrogen-bond donors (Lipinski definition) is 0. The Morgan fingerprint density at radius 3 is 2.77 bits per heavy atom. The molecule has 0 spiro atoms. The van der Waals surface area contributed by atoms with Crippen LogP contribution in [0, 0.1) is 17.3 Å². The molecule has 0 amide bonds. The van der Waals surface area contributed by atoms with E-state index in [1.807, 2.05) is 6.92 Å². The van der Waals surface area contributed by atoms with Crippen LogP contribution in [0.1, 0.15) is 34.1 Å². The summed E-state index contributed by atoms with van der Waals surface area (Å²) in [6, 6.07) is 0.540. The summed E-state index contributed by atoms with van der Waals surface area (Å²) in [6.45, 7) is 9.73. The van der Waals surface area contributed by atoms with Crippen LogP contribution in [0.2, 0.25) is 0 Å². The molecule has 3 atom stereocenters. The van der Waals surface area contributed by atoms with Crippen LogP contribution in [-0.2, 0) is 4.74 Å². The highest BCUT2D eigenvalue weighted by molar-refractivity contribution is 5.78. The third-order valence-electron chi connectivity index (χ3n) is 3.56. The van der Waals surface area contributed by atoms with E-state index in [1.54, 1.807) is 0 Å². The van der Waals surface area contributed by atoms with E-state index < -0.39 is 0 Å². The van der Waals surface area contributed by atoms with Gasteiger partial charge in [-0.2, -0.15) is 0 Å². The van der Waals surface area contributed by atoms with Gasteiger partial charge in [0.1, 0.15) is 0 Å². The minimum atomic E-state index is 0.429. The van der Waals surface area contributed by atoms with Crippen molar-refractivity contribution in [2.45, 2.75) is 40.2 Å². The summed E-state index contributed by atoms with van der Waals surface area (Å²) in [6.07, 6.45) is 1.04. The number of fused-ring (bicyclic) bond motifs is 1. The molecule has 0 saturated heterocycles. The van der Waals surface area contributed by atoms with E-state index in [1.165, 1.54) is 0 Å². The minimum Gasteiger partial charge on any atom is -0.481 e. The Morgan fingerprint density at radius 2 is 2.23 bits per heavy atom. The smallest absolute Gasteiger partial charge is 0.183 e. The van der Waals surface area contributed by atoms with E-state index in [0.29, 0.717) is 11.5 Å². The second kappa shape index (κ2) is 2.73. The zero-order valence-electron chi connectivity index (χ0n) is 9.00. The quantitative estimate of drug-likeness (QED) is 0.609. The second-order valence-corrected chi connectivity index (χ2v) is 4.93. The van der Waals surface area contributed by atoms with Crippen molar-refractivity contribution in [3.8, 4) is 0 Å². The summed E-state index contributed by atoms with van der Waals surface area (Å²) in [5.41, 5.74) is 0.429. The van der Waals surface area contributed by atoms with Gasteiger partial charge < -0.3 is 4.74 Å². The van der Waals surface area contributed by atoms with Gasteiger partial charge in [-0.25, -0.2) is 0 Å². The number of ether oxygens (including phenoxy) is 1. The molecule has 1 fully saturated rings. The fraction of sp³-hybridized carbons (Fsp3) is 0.909. The van der Waals surface area contributed by atoms with E-state index in [9.17, 15) is 0 Å². The minimum absolute atomic E-state index is 0.429. The molecule has 0 aromatic carbocycles. The Labute approximate surface area is 80.4 Å². The first-order valence-electron chi connectivity index (χ1n) is 5.26. The average Bonchev–Trinajstić information content (AvgIpc) is 2.55. The Kier molecular flexibility index (Phi) is 1.90. The molecule has 1 saturated carbocycles. The summed E-state index contributed by atoms with van der Waals surface area (Å²) < 4.78 is 5.49. The lowest BCUT2D eigenvalue weighted by Crippen LogP contribution is -2.17. The molecule has 1 heterocycles. The molecule has 2 heteroatoms. The van der Waals surface area contributed by atoms with Crippen molar-refractivity contribution < 1.29 is 4.74 Å². The van der Waals surface area contributed by atoms with Crippen molar-refractivity contribution in [1.29, 1.82) is 0 Å². The number of rotatable bonds is 1. The van der Waals surface area contributed by atoms with Crippen LogP contribution in [0.15, 0.2) is 4.99 Å². The summed E-state index contributed by atoms with van der Waals surface area (Å²) in [5.74, 6) is 2.54. The largest absolute Gasteiger partial charge is 0.481 e. The van der Waals surface area contributed by atoms with Gasteiger partial charge in [0.05, 0.1) is 12.6 Å². The lowest BCUT2D eigenvalue weighted by Gasteiger charge is -2.17. The zero-order valence-corrected chi connectivity index (χ0v) is 9.00. The monoisotopic (exact) mass is 181 g/mol. The van der Waals surface area contributed by atoms with Gasteiger partial charge >= 0.3 is 0 Å². The number of aliphatic imine (C=N–C) groups is 1. The van der Waals surface area contributed by atoms with Gasteiger partial charge in [-0.1, -0.05) is 20.8 Å². The second-order valence-electron chi connectivity index (χ2n) is 4.93. The van der Waals surface area contributed by atoms with Crippen LogP contribution in [0.3, 0.4) is 0 Å². The molecule has 1 aliphatic carbocycles. The van der Waals surface area contributed by atoms with Gasteiger partial charge in [-0.3, -0.25) is 4.99 Å².